The number of aliphatic imine (C=N–C) groups is 1. The Labute approximate surface area is 114 Å². The van der Waals surface area contributed by atoms with Gasteiger partial charge in [-0.1, -0.05) is 44.7 Å². The highest BCUT2D eigenvalue weighted by Crippen LogP contribution is 2.24. The standard InChI is InChI=1S/C15H22N2S/c1-4-12-5-7-13(8-6-12)16-15-17-14(10-18-15)9-11(2)3/h5-8,11,14H,4,9-10H2,1-3H3,(H,16,17). The van der Waals surface area contributed by atoms with Crippen LogP contribution in [0.4, 0.5) is 5.69 Å². The molecular formula is C15H22N2S. The SMILES string of the molecule is CCc1ccc(NC2=NC(CC(C)C)CS2)cc1. The van der Waals surface area contributed by atoms with Crippen molar-refractivity contribution in [3.63, 3.8) is 0 Å². The molecule has 0 spiro atoms. The molecule has 1 heterocycles. The zero-order valence-corrected chi connectivity index (χ0v) is 12.3. The van der Waals surface area contributed by atoms with E-state index in [4.69, 9.17) is 4.99 Å². The van der Waals surface area contributed by atoms with Gasteiger partial charge in [-0.3, -0.25) is 4.99 Å². The molecule has 1 atom stereocenters. The molecule has 3 heteroatoms. The minimum atomic E-state index is 0.493. The number of amidine groups is 1. The fraction of sp³-hybridized carbons (Fsp3) is 0.533. The highest BCUT2D eigenvalue weighted by molar-refractivity contribution is 8.14. The molecule has 0 amide bonds. The summed E-state index contributed by atoms with van der Waals surface area (Å²) in [7, 11) is 0. The van der Waals surface area contributed by atoms with E-state index in [1.54, 1.807) is 0 Å². The van der Waals surface area contributed by atoms with Crippen molar-refractivity contribution in [2.75, 3.05) is 11.1 Å². The quantitative estimate of drug-likeness (QED) is 0.880. The van der Waals surface area contributed by atoms with Gasteiger partial charge in [-0.2, -0.15) is 0 Å². The van der Waals surface area contributed by atoms with E-state index in [-0.39, 0.29) is 0 Å². The Morgan fingerprint density at radius 2 is 2.06 bits per heavy atom. The first-order chi connectivity index (χ1) is 8.67. The Bertz CT molecular complexity index is 409. The van der Waals surface area contributed by atoms with Crippen molar-refractivity contribution in [3.8, 4) is 0 Å². The number of nitrogens with zero attached hydrogens (tertiary/aromatic N) is 1. The summed E-state index contributed by atoms with van der Waals surface area (Å²) < 4.78 is 0. The normalized spacial score (nSPS) is 19.1. The summed E-state index contributed by atoms with van der Waals surface area (Å²) in [6, 6.07) is 9.12. The van der Waals surface area contributed by atoms with Crippen LogP contribution in [0.3, 0.4) is 0 Å². The van der Waals surface area contributed by atoms with E-state index in [2.05, 4.69) is 50.4 Å². The molecule has 0 aromatic heterocycles. The smallest absolute Gasteiger partial charge is 0.161 e. The summed E-state index contributed by atoms with van der Waals surface area (Å²) in [5.74, 6) is 1.84. The molecule has 0 fully saturated rings. The molecule has 2 rings (SSSR count). The van der Waals surface area contributed by atoms with Gasteiger partial charge in [-0.15, -0.1) is 0 Å². The Kier molecular flexibility index (Phi) is 4.70. The second kappa shape index (κ2) is 6.28. The molecule has 1 aromatic rings. The first-order valence-corrected chi connectivity index (χ1v) is 7.72. The fourth-order valence-electron chi connectivity index (χ4n) is 2.10. The van der Waals surface area contributed by atoms with Crippen LogP contribution in [0.5, 0.6) is 0 Å². The van der Waals surface area contributed by atoms with E-state index in [0.717, 1.165) is 28.9 Å². The third kappa shape index (κ3) is 3.77. The van der Waals surface area contributed by atoms with Crippen molar-refractivity contribution < 1.29 is 0 Å². The summed E-state index contributed by atoms with van der Waals surface area (Å²) in [6.07, 6.45) is 2.28. The lowest BCUT2D eigenvalue weighted by Gasteiger charge is -2.07. The van der Waals surface area contributed by atoms with Gasteiger partial charge in [-0.05, 0) is 36.5 Å². The number of aryl methyl sites for hydroxylation is 1. The molecule has 1 aliphatic heterocycles. The van der Waals surface area contributed by atoms with Gasteiger partial charge in [0.05, 0.1) is 6.04 Å². The predicted molar refractivity (Wildman–Crippen MR) is 82.6 cm³/mol. The zero-order chi connectivity index (χ0) is 13.0. The van der Waals surface area contributed by atoms with Crippen molar-refractivity contribution in [2.24, 2.45) is 10.9 Å². The summed E-state index contributed by atoms with van der Waals surface area (Å²) in [6.45, 7) is 6.69. The summed E-state index contributed by atoms with van der Waals surface area (Å²) >= 11 is 1.84. The van der Waals surface area contributed by atoms with Gasteiger partial charge in [0.2, 0.25) is 0 Å². The van der Waals surface area contributed by atoms with Crippen LogP contribution in [0.25, 0.3) is 0 Å². The Hall–Kier alpha value is -0.960. The van der Waals surface area contributed by atoms with Crippen LogP contribution in [0.15, 0.2) is 29.3 Å². The number of benzene rings is 1. The molecule has 1 N–H and O–H groups in total. The molecule has 0 bridgehead atoms. The molecule has 0 aliphatic carbocycles. The second-order valence-corrected chi connectivity index (χ2v) is 6.21. The predicted octanol–water partition coefficient (Wildman–Crippen LogP) is 4.18. The average Bonchev–Trinajstić information content (AvgIpc) is 2.76. The van der Waals surface area contributed by atoms with Crippen molar-refractivity contribution in [1.29, 1.82) is 0 Å². The summed E-state index contributed by atoms with van der Waals surface area (Å²) in [4.78, 5) is 4.73. The van der Waals surface area contributed by atoms with Gasteiger partial charge < -0.3 is 5.32 Å². The highest BCUT2D eigenvalue weighted by atomic mass is 32.2. The molecule has 2 nitrogen and oxygen atoms in total. The molecule has 1 aromatic carbocycles. The van der Waals surface area contributed by atoms with E-state index >= 15 is 0 Å². The Balaban J connectivity index is 1.93. The number of hydrogen-bond donors (Lipinski definition) is 1. The number of hydrogen-bond acceptors (Lipinski definition) is 3. The monoisotopic (exact) mass is 262 g/mol. The van der Waals surface area contributed by atoms with Gasteiger partial charge in [0.25, 0.3) is 0 Å². The molecule has 0 saturated carbocycles. The fourth-order valence-corrected chi connectivity index (χ4v) is 3.07. The number of thioether (sulfide) groups is 1. The second-order valence-electron chi connectivity index (χ2n) is 5.20. The highest BCUT2D eigenvalue weighted by Gasteiger charge is 2.19. The topological polar surface area (TPSA) is 24.4 Å². The van der Waals surface area contributed by atoms with Crippen LogP contribution in [-0.4, -0.2) is 17.0 Å². The number of nitrogens with one attached hydrogen (secondary N) is 1. The van der Waals surface area contributed by atoms with Crippen LogP contribution in [0.1, 0.15) is 32.8 Å². The van der Waals surface area contributed by atoms with Gasteiger partial charge in [0.1, 0.15) is 0 Å². The zero-order valence-electron chi connectivity index (χ0n) is 11.4. The van der Waals surface area contributed by atoms with Crippen LogP contribution in [-0.2, 0) is 6.42 Å². The lowest BCUT2D eigenvalue weighted by atomic mass is 10.1. The van der Waals surface area contributed by atoms with Gasteiger partial charge in [0, 0.05) is 11.4 Å². The van der Waals surface area contributed by atoms with Crippen molar-refractivity contribution in [3.05, 3.63) is 29.8 Å². The van der Waals surface area contributed by atoms with Crippen molar-refractivity contribution in [1.82, 2.24) is 0 Å². The van der Waals surface area contributed by atoms with E-state index < -0.39 is 0 Å². The number of rotatable bonds is 4. The maximum Gasteiger partial charge on any atom is 0.161 e. The molecule has 0 radical (unpaired) electrons. The molecule has 98 valence electrons. The first-order valence-electron chi connectivity index (χ1n) is 6.74. The van der Waals surface area contributed by atoms with Crippen LogP contribution < -0.4 is 5.32 Å². The van der Waals surface area contributed by atoms with Crippen molar-refractivity contribution >= 4 is 22.6 Å². The number of anilines is 1. The summed E-state index contributed by atoms with van der Waals surface area (Å²) in [5, 5.41) is 4.48. The molecule has 1 unspecified atom stereocenters. The maximum absolute atomic E-state index is 4.73. The third-order valence-electron chi connectivity index (χ3n) is 3.07. The lowest BCUT2D eigenvalue weighted by molar-refractivity contribution is 0.529. The van der Waals surface area contributed by atoms with E-state index in [1.807, 2.05) is 11.8 Å². The molecule has 1 aliphatic rings. The minimum absolute atomic E-state index is 0.493. The van der Waals surface area contributed by atoms with Gasteiger partial charge in [-0.25, -0.2) is 0 Å². The first kappa shape index (κ1) is 13.5. The minimum Gasteiger partial charge on any atom is -0.335 e. The Morgan fingerprint density at radius 1 is 1.33 bits per heavy atom. The maximum atomic E-state index is 4.73. The van der Waals surface area contributed by atoms with Crippen molar-refractivity contribution in [2.45, 2.75) is 39.7 Å². The lowest BCUT2D eigenvalue weighted by Crippen LogP contribution is -2.08. The van der Waals surface area contributed by atoms with Crippen LogP contribution in [0, 0.1) is 5.92 Å². The average molecular weight is 262 g/mol. The largest absolute Gasteiger partial charge is 0.335 e. The van der Waals surface area contributed by atoms with Crippen LogP contribution >= 0.6 is 11.8 Å². The summed E-state index contributed by atoms with van der Waals surface area (Å²) in [5.41, 5.74) is 2.52. The van der Waals surface area contributed by atoms with Crippen LogP contribution in [0.2, 0.25) is 0 Å². The van der Waals surface area contributed by atoms with E-state index in [0.29, 0.717) is 6.04 Å². The molecular weight excluding hydrogens is 240 g/mol. The molecule has 18 heavy (non-hydrogen) atoms. The van der Waals surface area contributed by atoms with E-state index in [9.17, 15) is 0 Å². The molecule has 0 saturated heterocycles. The Morgan fingerprint density at radius 3 is 2.67 bits per heavy atom. The van der Waals surface area contributed by atoms with Gasteiger partial charge in [0.15, 0.2) is 5.17 Å². The van der Waals surface area contributed by atoms with E-state index in [1.165, 1.54) is 12.0 Å². The third-order valence-corrected chi connectivity index (χ3v) is 4.10. The van der Waals surface area contributed by atoms with Gasteiger partial charge >= 0.3 is 0 Å².